The predicted octanol–water partition coefficient (Wildman–Crippen LogP) is -0.0503. The van der Waals surface area contributed by atoms with E-state index in [4.69, 9.17) is 15.7 Å². The standard InChI is InChI=1S/C9H17N3O/c1-9(11,7-10)8-12-3-2-5-13-6-4-12/h2-6,8,11H2,1H3. The molecule has 4 nitrogen and oxygen atoms in total. The molecule has 0 aromatic rings. The maximum atomic E-state index is 8.76. The summed E-state index contributed by atoms with van der Waals surface area (Å²) in [5, 5.41) is 8.76. The molecule has 1 aliphatic heterocycles. The van der Waals surface area contributed by atoms with Crippen LogP contribution in [0.2, 0.25) is 0 Å². The van der Waals surface area contributed by atoms with E-state index < -0.39 is 5.54 Å². The van der Waals surface area contributed by atoms with E-state index >= 15 is 0 Å². The van der Waals surface area contributed by atoms with Crippen molar-refractivity contribution < 1.29 is 4.74 Å². The summed E-state index contributed by atoms with van der Waals surface area (Å²) in [5.41, 5.74) is 5.02. The van der Waals surface area contributed by atoms with Crippen LogP contribution in [0.25, 0.3) is 0 Å². The first kappa shape index (κ1) is 10.5. The Labute approximate surface area is 79.3 Å². The van der Waals surface area contributed by atoms with E-state index in [1.54, 1.807) is 6.92 Å². The minimum absolute atomic E-state index is 0.632. The molecule has 0 aliphatic carbocycles. The fourth-order valence-electron chi connectivity index (χ4n) is 1.46. The van der Waals surface area contributed by atoms with E-state index in [0.717, 1.165) is 32.7 Å². The summed E-state index contributed by atoms with van der Waals surface area (Å²) in [7, 11) is 0. The molecule has 0 bridgehead atoms. The first-order chi connectivity index (χ1) is 6.14. The second-order valence-corrected chi connectivity index (χ2v) is 3.77. The van der Waals surface area contributed by atoms with Crippen molar-refractivity contribution in [1.82, 2.24) is 4.90 Å². The van der Waals surface area contributed by atoms with Crippen LogP contribution in [0.4, 0.5) is 0 Å². The lowest BCUT2D eigenvalue weighted by Gasteiger charge is -2.25. The molecule has 0 aromatic carbocycles. The lowest BCUT2D eigenvalue weighted by Crippen LogP contribution is -2.47. The molecule has 4 heteroatoms. The van der Waals surface area contributed by atoms with Crippen molar-refractivity contribution in [1.29, 1.82) is 5.26 Å². The molecule has 1 fully saturated rings. The number of rotatable bonds is 2. The highest BCUT2D eigenvalue weighted by molar-refractivity contribution is 5.03. The second kappa shape index (κ2) is 4.56. The summed E-state index contributed by atoms with van der Waals surface area (Å²) in [6, 6.07) is 2.10. The van der Waals surface area contributed by atoms with Gasteiger partial charge < -0.3 is 10.5 Å². The zero-order valence-electron chi connectivity index (χ0n) is 8.12. The van der Waals surface area contributed by atoms with Crippen LogP contribution in [0.5, 0.6) is 0 Å². The molecule has 0 radical (unpaired) electrons. The van der Waals surface area contributed by atoms with Crippen molar-refractivity contribution in [2.24, 2.45) is 5.73 Å². The number of nitrogens with two attached hydrogens (primary N) is 1. The first-order valence-electron chi connectivity index (χ1n) is 4.64. The number of nitrogens with zero attached hydrogens (tertiary/aromatic N) is 2. The van der Waals surface area contributed by atoms with Gasteiger partial charge in [-0.3, -0.25) is 4.90 Å². The van der Waals surface area contributed by atoms with E-state index in [9.17, 15) is 0 Å². The van der Waals surface area contributed by atoms with E-state index in [0.29, 0.717) is 6.54 Å². The second-order valence-electron chi connectivity index (χ2n) is 3.77. The molecule has 1 unspecified atom stereocenters. The summed E-state index contributed by atoms with van der Waals surface area (Å²) in [4.78, 5) is 2.19. The fourth-order valence-corrected chi connectivity index (χ4v) is 1.46. The first-order valence-corrected chi connectivity index (χ1v) is 4.64. The Bertz CT molecular complexity index is 190. The van der Waals surface area contributed by atoms with Gasteiger partial charge in [0.15, 0.2) is 0 Å². The maximum Gasteiger partial charge on any atom is 0.114 e. The Morgan fingerprint density at radius 1 is 1.54 bits per heavy atom. The number of hydrogen-bond acceptors (Lipinski definition) is 4. The molecule has 1 heterocycles. The zero-order valence-corrected chi connectivity index (χ0v) is 8.12. The minimum atomic E-state index is -0.732. The predicted molar refractivity (Wildman–Crippen MR) is 50.1 cm³/mol. The van der Waals surface area contributed by atoms with Gasteiger partial charge in [-0.1, -0.05) is 0 Å². The van der Waals surface area contributed by atoms with Crippen LogP contribution in [0, 0.1) is 11.3 Å². The van der Waals surface area contributed by atoms with E-state index in [-0.39, 0.29) is 0 Å². The molecule has 74 valence electrons. The molecule has 0 spiro atoms. The van der Waals surface area contributed by atoms with Crippen molar-refractivity contribution in [3.8, 4) is 6.07 Å². The van der Waals surface area contributed by atoms with Crippen LogP contribution in [0.1, 0.15) is 13.3 Å². The smallest absolute Gasteiger partial charge is 0.114 e. The molecule has 1 aliphatic rings. The van der Waals surface area contributed by atoms with Crippen LogP contribution >= 0.6 is 0 Å². The molecule has 1 saturated heterocycles. The van der Waals surface area contributed by atoms with E-state index in [2.05, 4.69) is 11.0 Å². The third kappa shape index (κ3) is 3.73. The molecule has 1 atom stereocenters. The average molecular weight is 183 g/mol. The Hall–Kier alpha value is -0.630. The highest BCUT2D eigenvalue weighted by Crippen LogP contribution is 2.05. The van der Waals surface area contributed by atoms with Crippen LogP contribution in [-0.2, 0) is 4.74 Å². The van der Waals surface area contributed by atoms with Crippen LogP contribution in [0.15, 0.2) is 0 Å². The van der Waals surface area contributed by atoms with Crippen LogP contribution in [-0.4, -0.2) is 43.3 Å². The average Bonchev–Trinajstić information content (AvgIpc) is 2.32. The quantitative estimate of drug-likeness (QED) is 0.652. The van der Waals surface area contributed by atoms with Gasteiger partial charge in [0.05, 0.1) is 12.7 Å². The van der Waals surface area contributed by atoms with Gasteiger partial charge in [0.2, 0.25) is 0 Å². The zero-order chi connectivity index (χ0) is 9.73. The van der Waals surface area contributed by atoms with Crippen LogP contribution in [0.3, 0.4) is 0 Å². The SMILES string of the molecule is CC(N)(C#N)CN1CCCOCC1. The molecular formula is C9H17N3O. The number of nitriles is 1. The summed E-state index contributed by atoms with van der Waals surface area (Å²) in [5.74, 6) is 0. The van der Waals surface area contributed by atoms with E-state index in [1.165, 1.54) is 0 Å². The van der Waals surface area contributed by atoms with E-state index in [1.807, 2.05) is 0 Å². The van der Waals surface area contributed by atoms with Gasteiger partial charge in [-0.15, -0.1) is 0 Å². The van der Waals surface area contributed by atoms with Gasteiger partial charge >= 0.3 is 0 Å². The Morgan fingerprint density at radius 2 is 2.31 bits per heavy atom. The molecular weight excluding hydrogens is 166 g/mol. The van der Waals surface area contributed by atoms with Crippen molar-refractivity contribution in [2.45, 2.75) is 18.9 Å². The summed E-state index contributed by atoms with van der Waals surface area (Å²) >= 11 is 0. The Kier molecular flexibility index (Phi) is 3.67. The highest BCUT2D eigenvalue weighted by atomic mass is 16.5. The summed E-state index contributed by atoms with van der Waals surface area (Å²) in [6.07, 6.45) is 1.03. The third-order valence-corrected chi connectivity index (χ3v) is 2.12. The lowest BCUT2D eigenvalue weighted by molar-refractivity contribution is 0.139. The van der Waals surface area contributed by atoms with Gasteiger partial charge in [0, 0.05) is 26.2 Å². The monoisotopic (exact) mass is 183 g/mol. The van der Waals surface area contributed by atoms with Crippen LogP contribution < -0.4 is 5.73 Å². The highest BCUT2D eigenvalue weighted by Gasteiger charge is 2.22. The number of ether oxygens (including phenoxy) is 1. The van der Waals surface area contributed by atoms with Crippen molar-refractivity contribution >= 4 is 0 Å². The molecule has 0 amide bonds. The minimum Gasteiger partial charge on any atom is -0.380 e. The largest absolute Gasteiger partial charge is 0.380 e. The lowest BCUT2D eigenvalue weighted by atomic mass is 10.1. The Morgan fingerprint density at radius 3 is 3.00 bits per heavy atom. The van der Waals surface area contributed by atoms with Crippen molar-refractivity contribution in [3.63, 3.8) is 0 Å². The maximum absolute atomic E-state index is 8.76. The van der Waals surface area contributed by atoms with Gasteiger partial charge in [-0.25, -0.2) is 0 Å². The molecule has 0 aromatic heterocycles. The summed E-state index contributed by atoms with van der Waals surface area (Å²) < 4.78 is 5.31. The number of hydrogen-bond donors (Lipinski definition) is 1. The normalized spacial score (nSPS) is 24.4. The van der Waals surface area contributed by atoms with Gasteiger partial charge in [0.1, 0.15) is 5.54 Å². The fraction of sp³-hybridized carbons (Fsp3) is 0.889. The van der Waals surface area contributed by atoms with Gasteiger partial charge in [-0.2, -0.15) is 5.26 Å². The van der Waals surface area contributed by atoms with Crippen molar-refractivity contribution in [2.75, 3.05) is 32.8 Å². The molecule has 0 saturated carbocycles. The van der Waals surface area contributed by atoms with Gasteiger partial charge in [0.25, 0.3) is 0 Å². The third-order valence-electron chi connectivity index (χ3n) is 2.12. The van der Waals surface area contributed by atoms with Crippen molar-refractivity contribution in [3.05, 3.63) is 0 Å². The van der Waals surface area contributed by atoms with Gasteiger partial charge in [-0.05, 0) is 13.3 Å². The molecule has 2 N–H and O–H groups in total. The topological polar surface area (TPSA) is 62.3 Å². The Balaban J connectivity index is 2.39. The molecule has 1 rings (SSSR count). The molecule has 13 heavy (non-hydrogen) atoms. The summed E-state index contributed by atoms with van der Waals surface area (Å²) in [6.45, 7) is 5.83.